The second-order valence-electron chi connectivity index (χ2n) is 5.73. The molecule has 0 aliphatic rings. The minimum Gasteiger partial charge on any atom is -0.355 e. The molecule has 0 aromatic carbocycles. The highest BCUT2D eigenvalue weighted by atomic mass is 16.5. The number of nitrogens with zero attached hydrogens (tertiary/aromatic N) is 5. The quantitative estimate of drug-likeness (QED) is 0.567. The van der Waals surface area contributed by atoms with E-state index in [4.69, 9.17) is 4.52 Å². The first-order valence-electron chi connectivity index (χ1n) is 8.39. The second kappa shape index (κ2) is 7.61. The van der Waals surface area contributed by atoms with Crippen molar-refractivity contribution in [3.8, 4) is 22.8 Å². The Balaban J connectivity index is 1.37. The van der Waals surface area contributed by atoms with Crippen LogP contribution in [0.4, 0.5) is 0 Å². The summed E-state index contributed by atoms with van der Waals surface area (Å²) in [5.41, 5.74) is 1.78. The lowest BCUT2D eigenvalue weighted by atomic mass is 10.2. The van der Waals surface area contributed by atoms with Gasteiger partial charge in [0, 0.05) is 55.7 Å². The summed E-state index contributed by atoms with van der Waals surface area (Å²) in [7, 11) is 0. The maximum atomic E-state index is 12.3. The molecule has 0 unspecified atom stereocenters. The van der Waals surface area contributed by atoms with Crippen LogP contribution in [0.15, 0.2) is 71.9 Å². The molecule has 8 nitrogen and oxygen atoms in total. The van der Waals surface area contributed by atoms with Crippen molar-refractivity contribution in [2.45, 2.75) is 6.54 Å². The minimum atomic E-state index is -0.298. The molecule has 0 saturated carbocycles. The van der Waals surface area contributed by atoms with Crippen LogP contribution in [0, 0.1) is 0 Å². The molecule has 0 aliphatic heterocycles. The van der Waals surface area contributed by atoms with Gasteiger partial charge >= 0.3 is 0 Å². The largest absolute Gasteiger partial charge is 0.355 e. The Hall–Kier alpha value is -3.81. The smallest absolute Gasteiger partial charge is 0.273 e. The molecule has 0 radical (unpaired) electrons. The highest BCUT2D eigenvalue weighted by Gasteiger charge is 2.14. The van der Waals surface area contributed by atoms with Crippen molar-refractivity contribution < 1.29 is 9.32 Å². The summed E-state index contributed by atoms with van der Waals surface area (Å²) in [6, 6.07) is 10.9. The zero-order valence-electron chi connectivity index (χ0n) is 14.3. The third-order valence-corrected chi connectivity index (χ3v) is 3.94. The number of hydrogen-bond donors (Lipinski definition) is 1. The van der Waals surface area contributed by atoms with Crippen LogP contribution in [0.25, 0.3) is 22.8 Å². The van der Waals surface area contributed by atoms with Gasteiger partial charge in [-0.3, -0.25) is 14.8 Å². The van der Waals surface area contributed by atoms with E-state index in [1.807, 2.05) is 35.0 Å². The third kappa shape index (κ3) is 3.74. The molecule has 4 aromatic heterocycles. The van der Waals surface area contributed by atoms with Crippen molar-refractivity contribution in [2.75, 3.05) is 6.54 Å². The molecule has 4 heterocycles. The summed E-state index contributed by atoms with van der Waals surface area (Å²) in [6.45, 7) is 0.981. The molecular formula is C19H16N6O2. The lowest BCUT2D eigenvalue weighted by molar-refractivity contribution is 0.0943. The van der Waals surface area contributed by atoms with E-state index in [1.165, 1.54) is 0 Å². The lowest BCUT2D eigenvalue weighted by Gasteiger charge is -2.08. The van der Waals surface area contributed by atoms with E-state index in [2.05, 4.69) is 25.4 Å². The van der Waals surface area contributed by atoms with Crippen molar-refractivity contribution in [2.24, 2.45) is 0 Å². The summed E-state index contributed by atoms with van der Waals surface area (Å²) in [6.07, 6.45) is 8.61. The Labute approximate surface area is 154 Å². The van der Waals surface area contributed by atoms with Crippen LogP contribution < -0.4 is 5.32 Å². The Morgan fingerprint density at radius 2 is 2.07 bits per heavy atom. The number of rotatable bonds is 6. The number of pyridine rings is 2. The number of nitrogens with one attached hydrogen (secondary N) is 1. The monoisotopic (exact) mass is 360 g/mol. The van der Waals surface area contributed by atoms with Crippen LogP contribution in [-0.4, -0.2) is 37.1 Å². The molecule has 8 heteroatoms. The van der Waals surface area contributed by atoms with Crippen LogP contribution in [0.1, 0.15) is 10.5 Å². The number of carbonyl (C=O) groups excluding carboxylic acids is 1. The number of aromatic nitrogens is 5. The molecule has 0 aliphatic carbocycles. The highest BCUT2D eigenvalue weighted by Crippen LogP contribution is 2.18. The van der Waals surface area contributed by atoms with E-state index in [-0.39, 0.29) is 11.6 Å². The standard InChI is InChI=1S/C19H16N6O2/c26-19(16-12-17(27-24-16)14-4-3-6-20-13-14)23-9-11-25-10-8-22-18(25)15-5-1-2-7-21-15/h1-8,10,12-13H,9,11H2,(H,23,26). The molecule has 1 amide bonds. The summed E-state index contributed by atoms with van der Waals surface area (Å²) in [5, 5.41) is 6.66. The first-order valence-corrected chi connectivity index (χ1v) is 8.39. The van der Waals surface area contributed by atoms with E-state index in [1.54, 1.807) is 36.9 Å². The van der Waals surface area contributed by atoms with Crippen LogP contribution in [0.2, 0.25) is 0 Å². The predicted molar refractivity (Wildman–Crippen MR) is 97.5 cm³/mol. The van der Waals surface area contributed by atoms with Gasteiger partial charge in [0.25, 0.3) is 5.91 Å². The molecule has 0 bridgehead atoms. The zero-order valence-corrected chi connectivity index (χ0v) is 14.3. The van der Waals surface area contributed by atoms with Crippen molar-refractivity contribution in [3.05, 3.63) is 73.1 Å². The van der Waals surface area contributed by atoms with E-state index >= 15 is 0 Å². The first kappa shape index (κ1) is 16.6. The van der Waals surface area contributed by atoms with Crippen LogP contribution >= 0.6 is 0 Å². The molecule has 4 rings (SSSR count). The molecule has 0 atom stereocenters. The van der Waals surface area contributed by atoms with Gasteiger partial charge in [0.2, 0.25) is 0 Å². The normalized spacial score (nSPS) is 10.7. The molecular weight excluding hydrogens is 344 g/mol. The fourth-order valence-electron chi connectivity index (χ4n) is 2.63. The van der Waals surface area contributed by atoms with Crippen molar-refractivity contribution in [1.29, 1.82) is 0 Å². The van der Waals surface area contributed by atoms with Gasteiger partial charge in [0.15, 0.2) is 17.3 Å². The number of amides is 1. The van der Waals surface area contributed by atoms with Crippen LogP contribution in [0.5, 0.6) is 0 Å². The van der Waals surface area contributed by atoms with E-state index in [9.17, 15) is 4.79 Å². The molecule has 27 heavy (non-hydrogen) atoms. The average Bonchev–Trinajstić information content (AvgIpc) is 3.39. The van der Waals surface area contributed by atoms with Gasteiger partial charge in [-0.25, -0.2) is 4.98 Å². The molecule has 4 aromatic rings. The van der Waals surface area contributed by atoms with Gasteiger partial charge in [-0.1, -0.05) is 11.2 Å². The maximum Gasteiger partial charge on any atom is 0.273 e. The zero-order chi connectivity index (χ0) is 18.5. The fourth-order valence-corrected chi connectivity index (χ4v) is 2.63. The number of carbonyl (C=O) groups is 1. The number of imidazole rings is 1. The summed E-state index contributed by atoms with van der Waals surface area (Å²) in [5.74, 6) is 0.957. The van der Waals surface area contributed by atoms with E-state index < -0.39 is 0 Å². The minimum absolute atomic E-state index is 0.226. The lowest BCUT2D eigenvalue weighted by Crippen LogP contribution is -2.27. The van der Waals surface area contributed by atoms with Gasteiger partial charge in [-0.15, -0.1) is 0 Å². The fraction of sp³-hybridized carbons (Fsp3) is 0.105. The maximum absolute atomic E-state index is 12.3. The Morgan fingerprint density at radius 1 is 1.11 bits per heavy atom. The molecule has 1 N–H and O–H groups in total. The van der Waals surface area contributed by atoms with Gasteiger partial charge in [-0.05, 0) is 24.3 Å². The topological polar surface area (TPSA) is 98.7 Å². The first-order chi connectivity index (χ1) is 13.3. The van der Waals surface area contributed by atoms with Gasteiger partial charge in [0.05, 0.1) is 0 Å². The Morgan fingerprint density at radius 3 is 2.89 bits per heavy atom. The SMILES string of the molecule is O=C(NCCn1ccnc1-c1ccccn1)c1cc(-c2cccnc2)on1. The highest BCUT2D eigenvalue weighted by molar-refractivity contribution is 5.93. The van der Waals surface area contributed by atoms with Crippen LogP contribution in [0.3, 0.4) is 0 Å². The third-order valence-electron chi connectivity index (χ3n) is 3.94. The summed E-state index contributed by atoms with van der Waals surface area (Å²) < 4.78 is 7.16. The van der Waals surface area contributed by atoms with Gasteiger partial charge in [-0.2, -0.15) is 0 Å². The average molecular weight is 360 g/mol. The Kier molecular flexibility index (Phi) is 4.69. The van der Waals surface area contributed by atoms with Crippen molar-refractivity contribution in [1.82, 2.24) is 30.0 Å². The number of hydrogen-bond acceptors (Lipinski definition) is 6. The molecule has 0 fully saturated rings. The van der Waals surface area contributed by atoms with E-state index in [0.29, 0.717) is 18.8 Å². The summed E-state index contributed by atoms with van der Waals surface area (Å²) in [4.78, 5) is 25.0. The molecule has 0 saturated heterocycles. The van der Waals surface area contributed by atoms with Gasteiger partial charge in [0.1, 0.15) is 5.69 Å². The summed E-state index contributed by atoms with van der Waals surface area (Å²) >= 11 is 0. The second-order valence-corrected chi connectivity index (χ2v) is 5.73. The molecule has 0 spiro atoms. The van der Waals surface area contributed by atoms with Crippen molar-refractivity contribution in [3.63, 3.8) is 0 Å². The van der Waals surface area contributed by atoms with Crippen molar-refractivity contribution >= 4 is 5.91 Å². The van der Waals surface area contributed by atoms with E-state index in [0.717, 1.165) is 17.1 Å². The Bertz CT molecular complexity index is 1030. The molecule has 134 valence electrons. The predicted octanol–water partition coefficient (Wildman–Crippen LogP) is 2.43. The van der Waals surface area contributed by atoms with Crippen LogP contribution in [-0.2, 0) is 6.54 Å². The van der Waals surface area contributed by atoms with Gasteiger partial charge < -0.3 is 14.4 Å².